The Bertz CT molecular complexity index is 780. The van der Waals surface area contributed by atoms with Crippen molar-refractivity contribution >= 4 is 17.2 Å². The minimum atomic E-state index is -0.402. The van der Waals surface area contributed by atoms with Crippen molar-refractivity contribution in [1.29, 1.82) is 0 Å². The summed E-state index contributed by atoms with van der Waals surface area (Å²) >= 11 is 5.75. The Kier molecular flexibility index (Phi) is 5.66. The highest BCUT2D eigenvalue weighted by atomic mass is 35.5. The van der Waals surface area contributed by atoms with Crippen LogP contribution in [0.5, 0.6) is 5.88 Å². The van der Waals surface area contributed by atoms with Gasteiger partial charge in [0.2, 0.25) is 5.88 Å². The number of nitrogens with zero attached hydrogens (tertiary/aromatic N) is 2. The third kappa shape index (κ3) is 4.55. The summed E-state index contributed by atoms with van der Waals surface area (Å²) in [5.41, 5.74) is 1.47. The number of aliphatic hydroxyl groups excluding tert-OH is 1. The zero-order valence-electron chi connectivity index (χ0n) is 14.0. The fraction of sp³-hybridized carbons (Fsp3) is 0.368. The van der Waals surface area contributed by atoms with Crippen molar-refractivity contribution in [1.82, 2.24) is 9.97 Å². The molecule has 1 aliphatic rings. The number of aromatic nitrogens is 2. The number of benzene rings is 1. The molecule has 0 radical (unpaired) electrons. The molecule has 0 saturated carbocycles. The molecule has 2 aromatic rings. The molecule has 1 N–H and O–H groups in total. The van der Waals surface area contributed by atoms with E-state index in [1.165, 1.54) is 6.07 Å². The first-order chi connectivity index (χ1) is 12.0. The van der Waals surface area contributed by atoms with Crippen LogP contribution in [0.2, 0.25) is 5.02 Å². The molecule has 0 aliphatic heterocycles. The second-order valence-corrected chi connectivity index (χ2v) is 6.68. The van der Waals surface area contributed by atoms with E-state index in [1.54, 1.807) is 24.4 Å². The van der Waals surface area contributed by atoms with Crippen molar-refractivity contribution in [3.05, 3.63) is 58.8 Å². The largest absolute Gasteiger partial charge is 0.473 e. The van der Waals surface area contributed by atoms with Gasteiger partial charge in [0.25, 0.3) is 0 Å². The first-order valence-corrected chi connectivity index (χ1v) is 8.68. The molecular weight excluding hydrogens is 343 g/mol. The van der Waals surface area contributed by atoms with Gasteiger partial charge in [-0.3, -0.25) is 0 Å². The van der Waals surface area contributed by atoms with E-state index in [9.17, 15) is 9.50 Å². The summed E-state index contributed by atoms with van der Waals surface area (Å²) in [6.45, 7) is 1.90. The Morgan fingerprint density at radius 3 is 2.92 bits per heavy atom. The maximum Gasteiger partial charge on any atom is 0.217 e. The lowest BCUT2D eigenvalue weighted by Crippen LogP contribution is -2.18. The van der Waals surface area contributed by atoms with Gasteiger partial charge in [0.15, 0.2) is 5.82 Å². The summed E-state index contributed by atoms with van der Waals surface area (Å²) in [5, 5.41) is 10.0. The molecule has 0 saturated heterocycles. The lowest BCUT2D eigenvalue weighted by atomic mass is 9.86. The van der Waals surface area contributed by atoms with Gasteiger partial charge >= 0.3 is 0 Å². The van der Waals surface area contributed by atoms with E-state index in [4.69, 9.17) is 16.3 Å². The van der Waals surface area contributed by atoms with E-state index in [2.05, 4.69) is 16.0 Å². The van der Waals surface area contributed by atoms with Crippen LogP contribution in [-0.4, -0.2) is 21.2 Å². The minimum Gasteiger partial charge on any atom is -0.473 e. The SMILES string of the molecule is CC(O)C1CC=C(c2nccc(OCc3ccc(Cl)cc3F)n2)CC1. The van der Waals surface area contributed by atoms with Crippen LogP contribution in [0.25, 0.3) is 5.57 Å². The van der Waals surface area contributed by atoms with E-state index in [-0.39, 0.29) is 18.6 Å². The van der Waals surface area contributed by atoms with E-state index in [1.807, 2.05) is 6.92 Å². The average Bonchev–Trinajstić information content (AvgIpc) is 2.61. The van der Waals surface area contributed by atoms with Crippen molar-refractivity contribution in [3.63, 3.8) is 0 Å². The van der Waals surface area contributed by atoms with Crippen LogP contribution in [0.4, 0.5) is 4.39 Å². The summed E-state index contributed by atoms with van der Waals surface area (Å²) in [7, 11) is 0. The van der Waals surface area contributed by atoms with E-state index in [0.29, 0.717) is 22.3 Å². The quantitative estimate of drug-likeness (QED) is 0.855. The molecule has 3 rings (SSSR count). The standard InChI is InChI=1S/C19H20ClFN2O2/c1-12(24)13-2-4-14(5-3-13)19-22-9-8-18(23-19)25-11-15-6-7-16(20)10-17(15)21/h4,6-10,12-13,24H,2-3,5,11H2,1H3. The van der Waals surface area contributed by atoms with Crippen LogP contribution in [0.15, 0.2) is 36.5 Å². The second-order valence-electron chi connectivity index (χ2n) is 6.25. The van der Waals surface area contributed by atoms with E-state index < -0.39 is 5.82 Å². The maximum atomic E-state index is 13.8. The molecule has 0 spiro atoms. The molecule has 0 fully saturated rings. The Labute approximate surface area is 151 Å². The fourth-order valence-corrected chi connectivity index (χ4v) is 3.02. The monoisotopic (exact) mass is 362 g/mol. The van der Waals surface area contributed by atoms with Crippen LogP contribution in [0.1, 0.15) is 37.6 Å². The first kappa shape index (κ1) is 17.8. The Hall–Kier alpha value is -1.98. The number of rotatable bonds is 5. The molecule has 2 unspecified atom stereocenters. The molecule has 4 nitrogen and oxygen atoms in total. The number of hydrogen-bond acceptors (Lipinski definition) is 4. The maximum absolute atomic E-state index is 13.8. The minimum absolute atomic E-state index is 0.0720. The smallest absolute Gasteiger partial charge is 0.217 e. The van der Waals surface area contributed by atoms with Gasteiger partial charge in [-0.1, -0.05) is 23.7 Å². The summed E-state index contributed by atoms with van der Waals surface area (Å²) in [4.78, 5) is 8.72. The molecule has 132 valence electrons. The number of hydrogen-bond donors (Lipinski definition) is 1. The van der Waals surface area contributed by atoms with Gasteiger partial charge in [-0.2, -0.15) is 4.98 Å². The van der Waals surface area contributed by atoms with Gasteiger partial charge in [0.1, 0.15) is 12.4 Å². The third-order valence-corrected chi connectivity index (χ3v) is 4.68. The van der Waals surface area contributed by atoms with Crippen LogP contribution in [0.3, 0.4) is 0 Å². The molecule has 1 aromatic carbocycles. The number of aliphatic hydroxyl groups is 1. The van der Waals surface area contributed by atoms with Gasteiger partial charge < -0.3 is 9.84 Å². The lowest BCUT2D eigenvalue weighted by Gasteiger charge is -2.23. The highest BCUT2D eigenvalue weighted by Gasteiger charge is 2.20. The topological polar surface area (TPSA) is 55.2 Å². The van der Waals surface area contributed by atoms with Crippen molar-refractivity contribution in [3.8, 4) is 5.88 Å². The molecular formula is C19H20ClFN2O2. The fourth-order valence-electron chi connectivity index (χ4n) is 2.86. The molecule has 1 aliphatic carbocycles. The molecule has 0 bridgehead atoms. The van der Waals surface area contributed by atoms with Crippen molar-refractivity contribution in [2.45, 2.75) is 38.9 Å². The second kappa shape index (κ2) is 7.93. The van der Waals surface area contributed by atoms with Gasteiger partial charge in [-0.25, -0.2) is 9.37 Å². The predicted octanol–water partition coefficient (Wildman–Crippen LogP) is 4.41. The molecule has 6 heteroatoms. The third-order valence-electron chi connectivity index (χ3n) is 4.44. The van der Waals surface area contributed by atoms with Gasteiger partial charge in [-0.05, 0) is 49.8 Å². The lowest BCUT2D eigenvalue weighted by molar-refractivity contribution is 0.120. The molecule has 1 heterocycles. The van der Waals surface area contributed by atoms with Crippen LogP contribution in [-0.2, 0) is 6.61 Å². The molecule has 1 aromatic heterocycles. The van der Waals surface area contributed by atoms with Crippen molar-refractivity contribution in [2.24, 2.45) is 5.92 Å². The van der Waals surface area contributed by atoms with E-state index in [0.717, 1.165) is 24.8 Å². The summed E-state index contributed by atoms with van der Waals surface area (Å²) < 4.78 is 19.4. The first-order valence-electron chi connectivity index (χ1n) is 8.30. The zero-order valence-corrected chi connectivity index (χ0v) is 14.7. The van der Waals surface area contributed by atoms with E-state index >= 15 is 0 Å². The summed E-state index contributed by atoms with van der Waals surface area (Å²) in [5.74, 6) is 0.910. The zero-order chi connectivity index (χ0) is 17.8. The Balaban J connectivity index is 1.68. The highest BCUT2D eigenvalue weighted by Crippen LogP contribution is 2.30. The summed E-state index contributed by atoms with van der Waals surface area (Å²) in [6, 6.07) is 6.14. The average molecular weight is 363 g/mol. The van der Waals surface area contributed by atoms with Crippen LogP contribution in [0, 0.1) is 11.7 Å². The van der Waals surface area contributed by atoms with Gasteiger partial charge in [-0.15, -0.1) is 0 Å². The Morgan fingerprint density at radius 1 is 1.40 bits per heavy atom. The number of ether oxygens (including phenoxy) is 1. The highest BCUT2D eigenvalue weighted by molar-refractivity contribution is 6.30. The predicted molar refractivity (Wildman–Crippen MR) is 94.8 cm³/mol. The Morgan fingerprint density at radius 2 is 2.24 bits per heavy atom. The molecule has 2 atom stereocenters. The summed E-state index contributed by atoms with van der Waals surface area (Å²) in [6.07, 6.45) is 5.97. The number of allylic oxidation sites excluding steroid dienone is 2. The molecule has 25 heavy (non-hydrogen) atoms. The number of halogens is 2. The molecule has 0 amide bonds. The van der Waals surface area contributed by atoms with Crippen molar-refractivity contribution < 1.29 is 14.2 Å². The van der Waals surface area contributed by atoms with Crippen molar-refractivity contribution in [2.75, 3.05) is 0 Å². The van der Waals surface area contributed by atoms with Crippen LogP contribution >= 0.6 is 11.6 Å². The van der Waals surface area contributed by atoms with Gasteiger partial charge in [0, 0.05) is 22.8 Å². The van der Waals surface area contributed by atoms with Gasteiger partial charge in [0.05, 0.1) is 6.10 Å². The van der Waals surface area contributed by atoms with Crippen LogP contribution < -0.4 is 4.74 Å². The normalized spacial score (nSPS) is 18.6.